The molecule has 0 aliphatic heterocycles. The molecule has 84 valence electrons. The molecule has 15 heavy (non-hydrogen) atoms. The second kappa shape index (κ2) is 7.49. The van der Waals surface area contributed by atoms with Crippen LogP contribution in [-0.4, -0.2) is 19.7 Å². The van der Waals surface area contributed by atoms with Gasteiger partial charge in [-0.25, -0.2) is 4.79 Å². The number of carbonyl (C=O) groups is 1. The van der Waals surface area contributed by atoms with Crippen molar-refractivity contribution in [3.63, 3.8) is 0 Å². The van der Waals surface area contributed by atoms with E-state index in [1.165, 1.54) is 31.4 Å². The number of esters is 1. The Bertz CT molecular complexity index is 293. The van der Waals surface area contributed by atoms with Crippen LogP contribution in [0, 0.1) is 0 Å². The largest absolute Gasteiger partial charge is 0.483 e. The molecule has 0 aliphatic rings. The highest BCUT2D eigenvalue weighted by molar-refractivity contribution is 5.82. The molecule has 0 amide bonds. The van der Waals surface area contributed by atoms with Gasteiger partial charge in [0.1, 0.15) is 0 Å². The summed E-state index contributed by atoms with van der Waals surface area (Å²) in [5.41, 5.74) is 11.3. The third kappa shape index (κ3) is 7.18. The topological polar surface area (TPSA) is 87.6 Å². The van der Waals surface area contributed by atoms with E-state index in [1.807, 2.05) is 0 Å². The number of methoxy groups -OCH3 is 1. The molecule has 0 aromatic carbocycles. The van der Waals surface area contributed by atoms with E-state index in [0.717, 1.165) is 0 Å². The predicted octanol–water partition coefficient (Wildman–Crippen LogP) is 0.395. The van der Waals surface area contributed by atoms with Crippen LogP contribution in [0.4, 0.5) is 0 Å². The van der Waals surface area contributed by atoms with Gasteiger partial charge in [-0.15, -0.1) is 0 Å². The Hall–Kier alpha value is -1.91. The number of hydrogen-bond acceptors (Lipinski definition) is 5. The lowest BCUT2D eigenvalue weighted by Gasteiger charge is -1.96. The van der Waals surface area contributed by atoms with Crippen molar-refractivity contribution in [2.24, 2.45) is 11.5 Å². The van der Waals surface area contributed by atoms with Crippen LogP contribution in [0.3, 0.4) is 0 Å². The van der Waals surface area contributed by atoms with E-state index in [-0.39, 0.29) is 5.88 Å². The smallest absolute Gasteiger partial charge is 0.330 e. The van der Waals surface area contributed by atoms with Gasteiger partial charge < -0.3 is 20.9 Å². The molecule has 0 saturated carbocycles. The molecular formula is C10H16N2O3. The monoisotopic (exact) mass is 212 g/mol. The fraction of sp³-hybridized carbons (Fsp3) is 0.300. The zero-order valence-corrected chi connectivity index (χ0v) is 8.90. The van der Waals surface area contributed by atoms with Crippen LogP contribution >= 0.6 is 0 Å². The molecule has 0 radical (unpaired) electrons. The minimum absolute atomic E-state index is 0.238. The van der Waals surface area contributed by atoms with Crippen molar-refractivity contribution in [3.05, 3.63) is 35.9 Å². The molecule has 0 heterocycles. The quantitative estimate of drug-likeness (QED) is 0.298. The molecule has 5 heteroatoms. The first-order valence-electron chi connectivity index (χ1n) is 4.42. The van der Waals surface area contributed by atoms with E-state index in [4.69, 9.17) is 11.5 Å². The summed E-state index contributed by atoms with van der Waals surface area (Å²) in [5.74, 6) is -0.194. The van der Waals surface area contributed by atoms with Gasteiger partial charge in [-0.1, -0.05) is 0 Å². The van der Waals surface area contributed by atoms with Crippen LogP contribution in [0.15, 0.2) is 35.9 Å². The standard InChI is InChI=1S/C10H16N2O3/c1-3-15-10(13)7-5-8(11)4-6-9(12)14-2/h4-7H,3,11-12H2,1-2H3/b7-5+,8-4-,9-6+. The van der Waals surface area contributed by atoms with Crippen molar-refractivity contribution in [3.8, 4) is 0 Å². The maximum Gasteiger partial charge on any atom is 0.330 e. The number of nitrogens with two attached hydrogens (primary N) is 2. The average Bonchev–Trinajstić information content (AvgIpc) is 2.23. The summed E-state index contributed by atoms with van der Waals surface area (Å²) in [5, 5.41) is 0. The van der Waals surface area contributed by atoms with Gasteiger partial charge in [-0.3, -0.25) is 0 Å². The van der Waals surface area contributed by atoms with E-state index < -0.39 is 5.97 Å². The first-order chi connectivity index (χ1) is 7.10. The third-order valence-corrected chi connectivity index (χ3v) is 1.37. The Morgan fingerprint density at radius 2 is 1.93 bits per heavy atom. The van der Waals surface area contributed by atoms with Gasteiger partial charge in [-0.2, -0.15) is 0 Å². The van der Waals surface area contributed by atoms with Crippen LogP contribution < -0.4 is 11.5 Å². The van der Waals surface area contributed by atoms with Crippen LogP contribution in [0.1, 0.15) is 6.92 Å². The van der Waals surface area contributed by atoms with Crippen molar-refractivity contribution < 1.29 is 14.3 Å². The summed E-state index contributed by atoms with van der Waals surface area (Å²) >= 11 is 0. The van der Waals surface area contributed by atoms with Gasteiger partial charge in [0, 0.05) is 11.8 Å². The maximum atomic E-state index is 10.9. The molecular weight excluding hydrogens is 196 g/mol. The highest BCUT2D eigenvalue weighted by Crippen LogP contribution is 1.92. The minimum atomic E-state index is -0.433. The molecule has 0 aromatic rings. The second-order valence-corrected chi connectivity index (χ2v) is 2.53. The number of hydrogen-bond donors (Lipinski definition) is 2. The predicted molar refractivity (Wildman–Crippen MR) is 57.3 cm³/mol. The summed E-state index contributed by atoms with van der Waals surface area (Å²) in [7, 11) is 1.45. The van der Waals surface area contributed by atoms with E-state index in [0.29, 0.717) is 12.3 Å². The molecule has 0 rings (SSSR count). The molecule has 0 aliphatic carbocycles. The lowest BCUT2D eigenvalue weighted by molar-refractivity contribution is -0.137. The molecule has 4 N–H and O–H groups in total. The van der Waals surface area contributed by atoms with Crippen molar-refractivity contribution in [2.75, 3.05) is 13.7 Å². The van der Waals surface area contributed by atoms with Gasteiger partial charge in [0.25, 0.3) is 0 Å². The summed E-state index contributed by atoms with van der Waals surface area (Å²) in [4.78, 5) is 10.9. The Morgan fingerprint density at radius 3 is 2.47 bits per heavy atom. The molecule has 0 atom stereocenters. The van der Waals surface area contributed by atoms with Crippen molar-refractivity contribution in [2.45, 2.75) is 6.92 Å². The van der Waals surface area contributed by atoms with Crippen molar-refractivity contribution in [1.29, 1.82) is 0 Å². The third-order valence-electron chi connectivity index (χ3n) is 1.37. The number of allylic oxidation sites excluding steroid dienone is 3. The van der Waals surface area contributed by atoms with E-state index in [2.05, 4.69) is 9.47 Å². The highest BCUT2D eigenvalue weighted by Gasteiger charge is 1.92. The first-order valence-corrected chi connectivity index (χ1v) is 4.42. The lowest BCUT2D eigenvalue weighted by atomic mass is 10.3. The van der Waals surface area contributed by atoms with Gasteiger partial charge >= 0.3 is 5.97 Å². The summed E-state index contributed by atoms with van der Waals surface area (Å²) in [6, 6.07) is 0. The highest BCUT2D eigenvalue weighted by atomic mass is 16.5. The van der Waals surface area contributed by atoms with Crippen LogP contribution in [0.25, 0.3) is 0 Å². The number of rotatable bonds is 5. The number of carbonyl (C=O) groups excluding carboxylic acids is 1. The maximum absolute atomic E-state index is 10.9. The number of ether oxygens (including phenoxy) is 2. The van der Waals surface area contributed by atoms with Crippen LogP contribution in [0.2, 0.25) is 0 Å². The van der Waals surface area contributed by atoms with E-state index in [9.17, 15) is 4.79 Å². The Labute approximate surface area is 89.0 Å². The summed E-state index contributed by atoms with van der Waals surface area (Å²) in [6.07, 6.45) is 5.68. The van der Waals surface area contributed by atoms with Crippen molar-refractivity contribution in [1.82, 2.24) is 0 Å². The van der Waals surface area contributed by atoms with Crippen LogP contribution in [-0.2, 0) is 14.3 Å². The second-order valence-electron chi connectivity index (χ2n) is 2.53. The molecule has 0 fully saturated rings. The van der Waals surface area contributed by atoms with E-state index >= 15 is 0 Å². The van der Waals surface area contributed by atoms with Gasteiger partial charge in [0.15, 0.2) is 5.88 Å². The Balaban J connectivity index is 4.23. The SMILES string of the molecule is CCOC(=O)/C=C/C(N)=C/C=C(\N)OC. The van der Waals surface area contributed by atoms with Gasteiger partial charge in [-0.05, 0) is 25.2 Å². The summed E-state index contributed by atoms with van der Waals surface area (Å²) < 4.78 is 9.35. The minimum Gasteiger partial charge on any atom is -0.483 e. The van der Waals surface area contributed by atoms with E-state index in [1.54, 1.807) is 6.92 Å². The lowest BCUT2D eigenvalue weighted by Crippen LogP contribution is -2.01. The zero-order valence-electron chi connectivity index (χ0n) is 8.90. The Morgan fingerprint density at radius 1 is 1.27 bits per heavy atom. The first kappa shape index (κ1) is 13.1. The molecule has 0 spiro atoms. The van der Waals surface area contributed by atoms with Gasteiger partial charge in [0.2, 0.25) is 0 Å². The molecule has 0 bridgehead atoms. The van der Waals surface area contributed by atoms with Crippen molar-refractivity contribution >= 4 is 5.97 Å². The molecule has 0 unspecified atom stereocenters. The molecule has 0 aromatic heterocycles. The Kier molecular flexibility index (Phi) is 6.54. The zero-order chi connectivity index (χ0) is 11.7. The molecule has 0 saturated heterocycles. The van der Waals surface area contributed by atoms with Crippen LogP contribution in [0.5, 0.6) is 0 Å². The average molecular weight is 212 g/mol. The van der Waals surface area contributed by atoms with Gasteiger partial charge in [0.05, 0.1) is 13.7 Å². The summed E-state index contributed by atoms with van der Waals surface area (Å²) in [6.45, 7) is 2.07. The fourth-order valence-electron chi connectivity index (χ4n) is 0.657. The molecule has 5 nitrogen and oxygen atoms in total. The normalized spacial score (nSPS) is 12.9. The fourth-order valence-corrected chi connectivity index (χ4v) is 0.657.